The zero-order valence-electron chi connectivity index (χ0n) is 17.4. The van der Waals surface area contributed by atoms with E-state index >= 15 is 0 Å². The van der Waals surface area contributed by atoms with Crippen molar-refractivity contribution in [3.05, 3.63) is 77.4 Å². The second-order valence-corrected chi connectivity index (χ2v) is 8.45. The van der Waals surface area contributed by atoms with Crippen LogP contribution in [0.15, 0.2) is 61.2 Å². The van der Waals surface area contributed by atoms with Gasteiger partial charge in [0.15, 0.2) is 5.82 Å². The molecule has 0 atom stereocenters. The summed E-state index contributed by atoms with van der Waals surface area (Å²) in [5.74, 6) is 2.06. The molecule has 0 fully saturated rings. The lowest BCUT2D eigenvalue weighted by molar-refractivity contribution is 0.192. The molecule has 0 aliphatic heterocycles. The maximum atomic E-state index is 12.2. The summed E-state index contributed by atoms with van der Waals surface area (Å²) in [5, 5.41) is 4.54. The summed E-state index contributed by atoms with van der Waals surface area (Å²) < 4.78 is 17.1. The number of benzene rings is 2. The van der Waals surface area contributed by atoms with Gasteiger partial charge in [0.05, 0.1) is 5.39 Å². The number of aromatic nitrogens is 2. The fourth-order valence-corrected chi connectivity index (χ4v) is 4.34. The number of aryl methyl sites for hydroxylation is 2. The van der Waals surface area contributed by atoms with Crippen molar-refractivity contribution in [2.45, 2.75) is 19.8 Å². The van der Waals surface area contributed by atoms with Crippen molar-refractivity contribution in [2.75, 3.05) is 18.7 Å². The number of hydrogen-bond acceptors (Lipinski definition) is 5. The smallest absolute Gasteiger partial charge is 0.228 e. The quantitative estimate of drug-likeness (QED) is 0.300. The van der Waals surface area contributed by atoms with E-state index in [0.717, 1.165) is 46.5 Å². The van der Waals surface area contributed by atoms with Crippen molar-refractivity contribution in [3.63, 3.8) is 0 Å². The van der Waals surface area contributed by atoms with E-state index in [-0.39, 0.29) is 0 Å². The monoisotopic (exact) mass is 433 g/mol. The second kappa shape index (κ2) is 9.71. The number of hydrogen-bond donors (Lipinski definition) is 1. The van der Waals surface area contributed by atoms with Crippen LogP contribution in [0, 0.1) is 6.92 Å². The third-order valence-corrected chi connectivity index (χ3v) is 5.96. The molecule has 2 aromatic carbocycles. The van der Waals surface area contributed by atoms with Crippen LogP contribution in [0.1, 0.15) is 22.7 Å². The van der Waals surface area contributed by atoms with Gasteiger partial charge in [-0.25, -0.2) is 14.4 Å². The Hall–Kier alpha value is -3.25. The number of ether oxygens (including phenoxy) is 1. The van der Waals surface area contributed by atoms with E-state index in [1.54, 1.807) is 29.5 Å². The highest BCUT2D eigenvalue weighted by Crippen LogP contribution is 2.29. The van der Waals surface area contributed by atoms with E-state index in [0.29, 0.717) is 11.6 Å². The van der Waals surface area contributed by atoms with Crippen LogP contribution < -0.4 is 10.1 Å². The third-order valence-electron chi connectivity index (χ3n) is 5.01. The fourth-order valence-electron chi connectivity index (χ4n) is 3.45. The number of nitrogens with one attached hydrogen (secondary N) is 1. The summed E-state index contributed by atoms with van der Waals surface area (Å²) in [5.41, 5.74) is 3.49. The molecule has 6 heteroatoms. The van der Waals surface area contributed by atoms with Gasteiger partial charge in [-0.1, -0.05) is 43.0 Å². The van der Waals surface area contributed by atoms with E-state index < -0.39 is 6.86 Å². The highest BCUT2D eigenvalue weighted by atomic mass is 32.1. The molecule has 0 saturated heterocycles. The SMILES string of the molecule is C=Cc1nc(NCCCc2ccc(-c3ccc(OCF)cc3)cc2)c2cc(C)sc2n1. The van der Waals surface area contributed by atoms with Crippen LogP contribution in [0.5, 0.6) is 5.75 Å². The van der Waals surface area contributed by atoms with Gasteiger partial charge in [-0.2, -0.15) is 0 Å². The first kappa shape index (κ1) is 21.0. The molecule has 0 radical (unpaired) electrons. The van der Waals surface area contributed by atoms with Gasteiger partial charge in [-0.05, 0) is 60.7 Å². The number of anilines is 1. The lowest BCUT2D eigenvalue weighted by Gasteiger charge is -2.09. The van der Waals surface area contributed by atoms with Gasteiger partial charge in [0.25, 0.3) is 0 Å². The molecule has 0 unspecified atom stereocenters. The molecule has 0 aliphatic rings. The highest BCUT2D eigenvalue weighted by molar-refractivity contribution is 7.18. The Kier molecular flexibility index (Phi) is 6.57. The summed E-state index contributed by atoms with van der Waals surface area (Å²) in [6.45, 7) is 5.89. The van der Waals surface area contributed by atoms with Crippen molar-refractivity contribution >= 4 is 33.4 Å². The first-order valence-corrected chi connectivity index (χ1v) is 11.0. The Morgan fingerprint density at radius 3 is 2.45 bits per heavy atom. The average Bonchev–Trinajstić information content (AvgIpc) is 3.18. The molecule has 158 valence electrons. The van der Waals surface area contributed by atoms with Gasteiger partial charge in [0.1, 0.15) is 16.4 Å². The van der Waals surface area contributed by atoms with Gasteiger partial charge in [0.2, 0.25) is 6.86 Å². The van der Waals surface area contributed by atoms with Crippen LogP contribution in [0.2, 0.25) is 0 Å². The van der Waals surface area contributed by atoms with E-state index in [2.05, 4.69) is 59.1 Å². The number of alkyl halides is 1. The highest BCUT2D eigenvalue weighted by Gasteiger charge is 2.09. The normalized spacial score (nSPS) is 10.9. The zero-order valence-corrected chi connectivity index (χ0v) is 18.2. The first-order chi connectivity index (χ1) is 15.2. The molecule has 31 heavy (non-hydrogen) atoms. The standard InChI is InChI=1S/C25H24FN3OS/c1-3-23-28-24(22-15-17(2)31-25(22)29-23)27-14-4-5-18-6-8-19(9-7-18)20-10-12-21(13-11-20)30-16-26/h3,6-13,15H,1,4-5,14,16H2,2H3,(H,27,28,29). The lowest BCUT2D eigenvalue weighted by Crippen LogP contribution is -2.06. The van der Waals surface area contributed by atoms with Crippen LogP contribution in [-0.4, -0.2) is 23.4 Å². The number of fused-ring (bicyclic) bond motifs is 1. The minimum atomic E-state index is -0.812. The van der Waals surface area contributed by atoms with Gasteiger partial charge in [-0.15, -0.1) is 11.3 Å². The van der Waals surface area contributed by atoms with Gasteiger partial charge in [0, 0.05) is 11.4 Å². The van der Waals surface area contributed by atoms with Crippen LogP contribution in [0.4, 0.5) is 10.2 Å². The molecular weight excluding hydrogens is 409 g/mol. The topological polar surface area (TPSA) is 47.0 Å². The summed E-state index contributed by atoms with van der Waals surface area (Å²) in [6, 6.07) is 18.1. The van der Waals surface area contributed by atoms with Crippen molar-refractivity contribution in [3.8, 4) is 16.9 Å². The second-order valence-electron chi connectivity index (χ2n) is 7.22. The largest absolute Gasteiger partial charge is 0.463 e. The van der Waals surface area contributed by atoms with Crippen LogP contribution in [0.25, 0.3) is 27.4 Å². The summed E-state index contributed by atoms with van der Waals surface area (Å²) in [4.78, 5) is 11.3. The Morgan fingerprint density at radius 1 is 1.06 bits per heavy atom. The maximum absolute atomic E-state index is 12.2. The minimum absolute atomic E-state index is 0.536. The summed E-state index contributed by atoms with van der Waals surface area (Å²) in [7, 11) is 0. The van der Waals surface area contributed by atoms with E-state index in [1.165, 1.54) is 10.4 Å². The van der Waals surface area contributed by atoms with Gasteiger partial charge in [-0.3, -0.25) is 0 Å². The summed E-state index contributed by atoms with van der Waals surface area (Å²) >= 11 is 1.67. The van der Waals surface area contributed by atoms with Crippen LogP contribution in [0.3, 0.4) is 0 Å². The van der Waals surface area contributed by atoms with Crippen molar-refractivity contribution in [1.82, 2.24) is 9.97 Å². The molecule has 0 aliphatic carbocycles. The molecule has 2 heterocycles. The Morgan fingerprint density at radius 2 is 1.77 bits per heavy atom. The molecule has 0 saturated carbocycles. The Bertz CT molecular complexity index is 1170. The molecule has 0 spiro atoms. The molecular formula is C25H24FN3OS. The van der Waals surface area contributed by atoms with Crippen LogP contribution >= 0.6 is 11.3 Å². The summed E-state index contributed by atoms with van der Waals surface area (Å²) in [6.07, 6.45) is 3.65. The zero-order chi connectivity index (χ0) is 21.6. The maximum Gasteiger partial charge on any atom is 0.228 e. The van der Waals surface area contributed by atoms with Gasteiger partial charge < -0.3 is 10.1 Å². The Balaban J connectivity index is 1.34. The number of nitrogens with zero attached hydrogens (tertiary/aromatic N) is 2. The van der Waals surface area contributed by atoms with Crippen LogP contribution in [-0.2, 0) is 6.42 Å². The molecule has 0 bridgehead atoms. The molecule has 2 aromatic heterocycles. The molecule has 0 amide bonds. The number of thiophene rings is 1. The average molecular weight is 434 g/mol. The van der Waals surface area contributed by atoms with Crippen molar-refractivity contribution in [1.29, 1.82) is 0 Å². The van der Waals surface area contributed by atoms with E-state index in [9.17, 15) is 4.39 Å². The molecule has 4 rings (SSSR count). The van der Waals surface area contributed by atoms with Crippen molar-refractivity contribution in [2.24, 2.45) is 0 Å². The predicted octanol–water partition coefficient (Wildman–Crippen LogP) is 6.66. The first-order valence-electron chi connectivity index (χ1n) is 10.2. The molecule has 4 nitrogen and oxygen atoms in total. The minimum Gasteiger partial charge on any atom is -0.463 e. The van der Waals surface area contributed by atoms with E-state index in [4.69, 9.17) is 4.74 Å². The Labute approximate surface area is 185 Å². The third kappa shape index (κ3) is 5.09. The molecule has 1 N–H and O–H groups in total. The lowest BCUT2D eigenvalue weighted by atomic mass is 10.0. The number of rotatable bonds is 9. The molecule has 4 aromatic rings. The fraction of sp³-hybridized carbons (Fsp3) is 0.200. The van der Waals surface area contributed by atoms with Crippen molar-refractivity contribution < 1.29 is 9.13 Å². The van der Waals surface area contributed by atoms with E-state index in [1.807, 2.05) is 12.1 Å². The predicted molar refractivity (Wildman–Crippen MR) is 128 cm³/mol. The van der Waals surface area contributed by atoms with Gasteiger partial charge >= 0.3 is 0 Å². The number of halogens is 1.